The zero-order chi connectivity index (χ0) is 19.7. The number of hydrogen-bond donors (Lipinski definition) is 2. The van der Waals surface area contributed by atoms with Gasteiger partial charge in [0, 0.05) is 25.9 Å². The normalized spacial score (nSPS) is 12.6. The number of nitrogens with one attached hydrogen (secondary N) is 2. The van der Waals surface area contributed by atoms with Crippen molar-refractivity contribution in [1.29, 1.82) is 0 Å². The molecule has 2 rings (SSSR count). The van der Waals surface area contributed by atoms with E-state index in [9.17, 15) is 8.42 Å². The molecule has 1 atom stereocenters. The van der Waals surface area contributed by atoms with Crippen molar-refractivity contribution in [2.75, 3.05) is 19.1 Å². The Morgan fingerprint density at radius 1 is 1.07 bits per heavy atom. The van der Waals surface area contributed by atoms with Gasteiger partial charge in [-0.1, -0.05) is 30.3 Å². The third kappa shape index (κ3) is 9.41. The predicted octanol–water partition coefficient (Wildman–Crippen LogP) is 3.59. The van der Waals surface area contributed by atoms with Crippen LogP contribution in [0.2, 0.25) is 0 Å². The van der Waals surface area contributed by atoms with Crippen molar-refractivity contribution < 1.29 is 13.2 Å². The molecule has 2 N–H and O–H groups in total. The summed E-state index contributed by atoms with van der Waals surface area (Å²) in [5.74, 6) is 2.37. The van der Waals surface area contributed by atoms with E-state index in [0.717, 1.165) is 17.1 Å². The molecular formula is C20H28IN3O3S. The second-order valence-corrected chi connectivity index (χ2v) is 8.71. The van der Waals surface area contributed by atoms with Gasteiger partial charge in [-0.2, -0.15) is 0 Å². The highest BCUT2D eigenvalue weighted by Gasteiger charge is 2.09. The van der Waals surface area contributed by atoms with E-state index < -0.39 is 9.84 Å². The summed E-state index contributed by atoms with van der Waals surface area (Å²) in [5, 5.41) is 6.43. The number of halogens is 1. The first-order valence-electron chi connectivity index (χ1n) is 8.82. The molecule has 2 aromatic rings. The number of sulfone groups is 1. The summed E-state index contributed by atoms with van der Waals surface area (Å²) in [7, 11) is -1.27. The molecular weight excluding hydrogens is 489 g/mol. The molecule has 0 amide bonds. The third-order valence-corrected chi connectivity index (χ3v) is 4.87. The molecule has 0 aliphatic carbocycles. The number of ether oxygens (including phenoxy) is 1. The summed E-state index contributed by atoms with van der Waals surface area (Å²) in [5.41, 5.74) is 1.09. The first-order valence-corrected chi connectivity index (χ1v) is 10.9. The molecule has 2 aromatic carbocycles. The lowest BCUT2D eigenvalue weighted by molar-refractivity contribution is 0.482. The molecule has 0 aromatic heterocycles. The molecule has 0 bridgehead atoms. The Balaban J connectivity index is 0.00000392. The average Bonchev–Trinajstić information content (AvgIpc) is 2.65. The number of guanidine groups is 1. The average molecular weight is 517 g/mol. The van der Waals surface area contributed by atoms with Crippen molar-refractivity contribution in [3.8, 4) is 11.5 Å². The molecule has 8 heteroatoms. The number of nitrogens with zero attached hydrogens (tertiary/aromatic N) is 1. The van der Waals surface area contributed by atoms with Gasteiger partial charge in [0.2, 0.25) is 0 Å². The van der Waals surface area contributed by atoms with Crippen molar-refractivity contribution in [2.45, 2.75) is 25.9 Å². The maximum absolute atomic E-state index is 11.3. The second kappa shape index (κ2) is 11.9. The van der Waals surface area contributed by atoms with Crippen LogP contribution in [0.1, 0.15) is 18.9 Å². The second-order valence-electron chi connectivity index (χ2n) is 6.45. The van der Waals surface area contributed by atoms with Crippen LogP contribution in [0.15, 0.2) is 59.6 Å². The zero-order valence-electron chi connectivity index (χ0n) is 16.4. The molecule has 0 spiro atoms. The Hall–Kier alpha value is -1.81. The lowest BCUT2D eigenvalue weighted by atomic mass is 10.2. The minimum atomic E-state index is -2.96. The van der Waals surface area contributed by atoms with E-state index in [-0.39, 0.29) is 35.8 Å². The van der Waals surface area contributed by atoms with Crippen LogP contribution in [0.5, 0.6) is 11.5 Å². The van der Waals surface area contributed by atoms with Gasteiger partial charge in [0.1, 0.15) is 21.3 Å². The molecule has 0 fully saturated rings. The smallest absolute Gasteiger partial charge is 0.191 e. The number of hydrogen-bond acceptors (Lipinski definition) is 4. The van der Waals surface area contributed by atoms with Gasteiger partial charge in [0.15, 0.2) is 5.96 Å². The van der Waals surface area contributed by atoms with E-state index in [1.165, 1.54) is 6.26 Å². The summed E-state index contributed by atoms with van der Waals surface area (Å²) >= 11 is 0. The Bertz CT molecular complexity index is 841. The van der Waals surface area contributed by atoms with Gasteiger partial charge in [-0.3, -0.25) is 4.99 Å². The largest absolute Gasteiger partial charge is 0.457 e. The molecule has 6 nitrogen and oxygen atoms in total. The van der Waals surface area contributed by atoms with Crippen LogP contribution < -0.4 is 15.4 Å². The summed E-state index contributed by atoms with van der Waals surface area (Å²) in [6, 6.07) is 17.5. The van der Waals surface area contributed by atoms with Crippen LogP contribution in [0, 0.1) is 0 Å². The van der Waals surface area contributed by atoms with Gasteiger partial charge in [0.25, 0.3) is 0 Å². The van der Waals surface area contributed by atoms with Crippen LogP contribution in [0.3, 0.4) is 0 Å². The fourth-order valence-corrected chi connectivity index (χ4v) is 3.16. The molecule has 0 aliphatic rings. The van der Waals surface area contributed by atoms with Crippen LogP contribution in [0.25, 0.3) is 0 Å². The van der Waals surface area contributed by atoms with E-state index in [1.807, 2.05) is 61.5 Å². The van der Waals surface area contributed by atoms with Crippen LogP contribution in [0.4, 0.5) is 0 Å². The number of para-hydroxylation sites is 1. The van der Waals surface area contributed by atoms with E-state index in [2.05, 4.69) is 15.6 Å². The lowest BCUT2D eigenvalue weighted by Crippen LogP contribution is -2.42. The van der Waals surface area contributed by atoms with Gasteiger partial charge < -0.3 is 15.4 Å². The van der Waals surface area contributed by atoms with Gasteiger partial charge in [-0.05, 0) is 43.2 Å². The summed E-state index contributed by atoms with van der Waals surface area (Å²) in [6.07, 6.45) is 1.78. The molecule has 0 saturated carbocycles. The quantitative estimate of drug-likeness (QED) is 0.318. The monoisotopic (exact) mass is 517 g/mol. The maximum Gasteiger partial charge on any atom is 0.191 e. The Labute approximate surface area is 184 Å². The minimum Gasteiger partial charge on any atom is -0.457 e. The van der Waals surface area contributed by atoms with E-state index >= 15 is 0 Å². The first kappa shape index (κ1) is 24.2. The van der Waals surface area contributed by atoms with Gasteiger partial charge in [-0.25, -0.2) is 8.42 Å². The molecule has 0 heterocycles. The highest BCUT2D eigenvalue weighted by molar-refractivity contribution is 14.0. The van der Waals surface area contributed by atoms with Crippen molar-refractivity contribution in [3.05, 3.63) is 60.2 Å². The Morgan fingerprint density at radius 3 is 2.25 bits per heavy atom. The van der Waals surface area contributed by atoms with E-state index in [4.69, 9.17) is 4.74 Å². The number of aliphatic imine (C=N–C) groups is 1. The van der Waals surface area contributed by atoms with Crippen molar-refractivity contribution in [2.24, 2.45) is 4.99 Å². The summed E-state index contributed by atoms with van der Waals surface area (Å²) < 4.78 is 28.3. The lowest BCUT2D eigenvalue weighted by Gasteiger charge is -2.17. The Kier molecular flexibility index (Phi) is 10.3. The Morgan fingerprint density at radius 2 is 1.68 bits per heavy atom. The molecule has 0 radical (unpaired) electrons. The topological polar surface area (TPSA) is 79.8 Å². The number of benzene rings is 2. The maximum atomic E-state index is 11.3. The fraction of sp³-hybridized carbons (Fsp3) is 0.350. The fourth-order valence-electron chi connectivity index (χ4n) is 2.38. The minimum absolute atomic E-state index is 0. The highest BCUT2D eigenvalue weighted by Crippen LogP contribution is 2.21. The SMILES string of the molecule is CN=C(NCc1ccc(Oc2ccccc2)cc1)NC(C)CCS(C)(=O)=O.I. The zero-order valence-corrected chi connectivity index (χ0v) is 19.5. The molecule has 154 valence electrons. The van der Waals surface area contributed by atoms with Crippen molar-refractivity contribution in [3.63, 3.8) is 0 Å². The summed E-state index contributed by atoms with van der Waals surface area (Å²) in [4.78, 5) is 4.18. The van der Waals surface area contributed by atoms with Gasteiger partial charge in [-0.15, -0.1) is 24.0 Å². The van der Waals surface area contributed by atoms with Crippen LogP contribution in [-0.2, 0) is 16.4 Å². The standard InChI is InChI=1S/C20H27N3O3S.HI/c1-16(13-14-27(3,24)25)23-20(21-2)22-15-17-9-11-19(12-10-17)26-18-7-5-4-6-8-18;/h4-12,16H,13-15H2,1-3H3,(H2,21,22,23);1H. The van der Waals surface area contributed by atoms with E-state index in [0.29, 0.717) is 18.9 Å². The molecule has 0 saturated heterocycles. The first-order chi connectivity index (χ1) is 12.9. The molecule has 28 heavy (non-hydrogen) atoms. The van der Waals surface area contributed by atoms with Crippen molar-refractivity contribution >= 4 is 39.8 Å². The van der Waals surface area contributed by atoms with Gasteiger partial charge >= 0.3 is 0 Å². The van der Waals surface area contributed by atoms with Crippen LogP contribution >= 0.6 is 24.0 Å². The van der Waals surface area contributed by atoms with E-state index in [1.54, 1.807) is 7.05 Å². The number of rotatable bonds is 8. The summed E-state index contributed by atoms with van der Waals surface area (Å²) in [6.45, 7) is 2.54. The van der Waals surface area contributed by atoms with Gasteiger partial charge in [0.05, 0.1) is 5.75 Å². The third-order valence-electron chi connectivity index (χ3n) is 3.89. The van der Waals surface area contributed by atoms with Crippen LogP contribution in [-0.4, -0.2) is 39.5 Å². The highest BCUT2D eigenvalue weighted by atomic mass is 127. The predicted molar refractivity (Wildman–Crippen MR) is 125 cm³/mol. The molecule has 1 unspecified atom stereocenters. The molecule has 0 aliphatic heterocycles. The van der Waals surface area contributed by atoms with Crippen molar-refractivity contribution in [1.82, 2.24) is 10.6 Å².